The number of nitrogens with one attached hydrogen (secondary N) is 1. The quantitative estimate of drug-likeness (QED) is 0.747. The highest BCUT2D eigenvalue weighted by atomic mass is 19.4. The van der Waals surface area contributed by atoms with Gasteiger partial charge in [-0.2, -0.15) is 13.2 Å². The molecule has 4 atom stereocenters. The summed E-state index contributed by atoms with van der Waals surface area (Å²) < 4.78 is 76.2. The van der Waals surface area contributed by atoms with Crippen molar-refractivity contribution in [1.29, 1.82) is 0 Å². The van der Waals surface area contributed by atoms with Crippen molar-refractivity contribution < 1.29 is 29.8 Å². The molecule has 3 fully saturated rings. The number of carbonyl (C=O) groups excluding carboxylic acids is 1. The summed E-state index contributed by atoms with van der Waals surface area (Å²) in [5, 5.41) is 3.25. The highest BCUT2D eigenvalue weighted by Crippen LogP contribution is 2.35. The maximum absolute atomic E-state index is 14.2. The van der Waals surface area contributed by atoms with E-state index in [0.29, 0.717) is 26.1 Å². The lowest BCUT2D eigenvalue weighted by Crippen LogP contribution is -2.62. The number of nitrogens with zero attached hydrogens (tertiary/aromatic N) is 2. The van der Waals surface area contributed by atoms with Crippen LogP contribution in [0.1, 0.15) is 26.7 Å². The number of halogens is 4. The first-order valence-electron chi connectivity index (χ1n) is 11.0. The van der Waals surface area contributed by atoms with E-state index in [1.54, 1.807) is 4.90 Å². The number of morpholine rings is 1. The Morgan fingerprint density at radius 1 is 1.30 bits per heavy atom. The van der Waals surface area contributed by atoms with Gasteiger partial charge in [-0.25, -0.2) is 9.18 Å². The van der Waals surface area contributed by atoms with Crippen LogP contribution >= 0.6 is 0 Å². The number of hydrogen-bond donors (Lipinski definition) is 1. The van der Waals surface area contributed by atoms with Crippen LogP contribution in [0.2, 0.25) is 0 Å². The van der Waals surface area contributed by atoms with Crippen molar-refractivity contribution in [1.82, 2.24) is 15.1 Å². The normalized spacial score (nSPS) is 27.9. The fraction of sp³-hybridized carbons (Fsp3) is 0.571. The molecule has 2 amide bonds. The van der Waals surface area contributed by atoms with Crippen LogP contribution in [-0.2, 0) is 17.3 Å². The fourth-order valence-corrected chi connectivity index (χ4v) is 4.13. The number of hydrogen-bond acceptors (Lipinski definition) is 3. The molecule has 0 saturated carbocycles. The number of rotatable bonds is 3. The lowest BCUT2D eigenvalue weighted by Gasteiger charge is -2.46. The summed E-state index contributed by atoms with van der Waals surface area (Å²) in [6.45, 7) is 5.56. The van der Waals surface area contributed by atoms with E-state index in [2.05, 4.69) is 11.9 Å². The topological polar surface area (TPSA) is 44.8 Å². The van der Waals surface area contributed by atoms with Crippen molar-refractivity contribution in [2.45, 2.75) is 37.5 Å². The summed E-state index contributed by atoms with van der Waals surface area (Å²) in [5.41, 5.74) is -1.28. The Balaban J connectivity index is 1.36. The zero-order valence-corrected chi connectivity index (χ0v) is 16.3. The Morgan fingerprint density at radius 2 is 2.07 bits per heavy atom. The highest BCUT2D eigenvalue weighted by molar-refractivity contribution is 5.75. The average molecular weight is 431 g/mol. The van der Waals surface area contributed by atoms with Gasteiger partial charge < -0.3 is 19.9 Å². The maximum atomic E-state index is 14.2. The number of ether oxygens (including phenoxy) is 1. The molecule has 5 nitrogen and oxygen atoms in total. The molecular weight excluding hydrogens is 402 g/mol. The van der Waals surface area contributed by atoms with Crippen molar-refractivity contribution in [3.63, 3.8) is 0 Å². The zero-order chi connectivity index (χ0) is 23.2. The number of urea groups is 1. The molecule has 0 radical (unpaired) electrons. The Morgan fingerprint density at radius 3 is 2.80 bits per heavy atom. The van der Waals surface area contributed by atoms with Gasteiger partial charge in [0.05, 0.1) is 24.3 Å². The van der Waals surface area contributed by atoms with Crippen LogP contribution in [0, 0.1) is 11.7 Å². The van der Waals surface area contributed by atoms with Gasteiger partial charge in [0.2, 0.25) is 0 Å². The molecule has 164 valence electrons. The third-order valence-electron chi connectivity index (χ3n) is 5.75. The average Bonchev–Trinajstić information content (AvgIpc) is 2.70. The van der Waals surface area contributed by atoms with Crippen molar-refractivity contribution in [3.8, 4) is 0 Å². The van der Waals surface area contributed by atoms with Crippen molar-refractivity contribution in [2.75, 3.05) is 32.8 Å². The smallest absolute Gasteiger partial charge is 0.380 e. The number of amides is 2. The summed E-state index contributed by atoms with van der Waals surface area (Å²) in [6.07, 6.45) is -7.12. The van der Waals surface area contributed by atoms with Gasteiger partial charge in [-0.3, -0.25) is 0 Å². The molecule has 2 unspecified atom stereocenters. The molecule has 4 rings (SSSR count). The van der Waals surface area contributed by atoms with E-state index in [-0.39, 0.29) is 31.3 Å². The van der Waals surface area contributed by atoms with Gasteiger partial charge in [0.25, 0.3) is 0 Å². The van der Waals surface area contributed by atoms with Gasteiger partial charge in [-0.1, -0.05) is 12.6 Å². The van der Waals surface area contributed by atoms with Crippen LogP contribution in [0.15, 0.2) is 30.5 Å². The standard InChI is InChI=1S/C21H25F4N3O2/c1-13-12-30-19-7-8-27(11-18(19)26-13)20(29)28-9-14(10-28)5-6-15-16(21(23,24)25)3-2-4-17(15)22/h2-4,14,18-19,26H,1,5-12H2/t18-,19+/m1/s1/i5T,6T/t5?,6?,18-,19+. The van der Waals surface area contributed by atoms with E-state index in [0.717, 1.165) is 23.9 Å². The van der Waals surface area contributed by atoms with Crippen LogP contribution in [0.4, 0.5) is 22.4 Å². The predicted octanol–water partition coefficient (Wildman–Crippen LogP) is 3.41. The monoisotopic (exact) mass is 431 g/mol. The number of piperidine rings is 1. The van der Waals surface area contributed by atoms with E-state index in [4.69, 9.17) is 7.48 Å². The SMILES string of the molecule is [3H]C(c1c(F)cccc1C(F)(F)F)C([3H])C1CN(C(=O)N2CC[C@@H]3OCC(=C)N[C@@H]3C2)C1. The summed E-state index contributed by atoms with van der Waals surface area (Å²) in [7, 11) is 0. The van der Waals surface area contributed by atoms with Crippen molar-refractivity contribution >= 4 is 6.03 Å². The van der Waals surface area contributed by atoms with Gasteiger partial charge in [-0.05, 0) is 37.3 Å². The van der Waals surface area contributed by atoms with E-state index in [1.165, 1.54) is 4.90 Å². The molecule has 0 bridgehead atoms. The molecule has 1 aromatic carbocycles. The van der Waals surface area contributed by atoms with Crippen LogP contribution in [0.5, 0.6) is 0 Å². The molecule has 0 aliphatic carbocycles. The predicted molar refractivity (Wildman–Crippen MR) is 102 cm³/mol. The second-order valence-electron chi connectivity index (χ2n) is 7.94. The molecule has 3 aliphatic rings. The molecule has 3 aliphatic heterocycles. The molecule has 0 aromatic heterocycles. The summed E-state index contributed by atoms with van der Waals surface area (Å²) >= 11 is 0. The van der Waals surface area contributed by atoms with Gasteiger partial charge in [0.1, 0.15) is 5.82 Å². The number of benzene rings is 1. The largest absolute Gasteiger partial charge is 0.416 e. The third kappa shape index (κ3) is 4.26. The molecule has 9 heteroatoms. The van der Waals surface area contributed by atoms with Gasteiger partial charge in [0, 0.05) is 40.2 Å². The lowest BCUT2D eigenvalue weighted by atomic mass is 9.91. The van der Waals surface area contributed by atoms with Crippen molar-refractivity contribution in [3.05, 3.63) is 47.4 Å². The second kappa shape index (κ2) is 8.09. The summed E-state index contributed by atoms with van der Waals surface area (Å²) in [4.78, 5) is 16.0. The molecule has 1 N–H and O–H groups in total. The molecule has 30 heavy (non-hydrogen) atoms. The van der Waals surface area contributed by atoms with E-state index in [1.807, 2.05) is 0 Å². The molecule has 1 aromatic rings. The van der Waals surface area contributed by atoms with Crippen LogP contribution < -0.4 is 5.32 Å². The highest BCUT2D eigenvalue weighted by Gasteiger charge is 2.40. The fourth-order valence-electron chi connectivity index (χ4n) is 4.13. The maximum Gasteiger partial charge on any atom is 0.416 e. The first kappa shape index (κ1) is 18.5. The number of likely N-dealkylation sites (tertiary alicyclic amines) is 2. The summed E-state index contributed by atoms with van der Waals surface area (Å²) in [5.74, 6) is -1.65. The van der Waals surface area contributed by atoms with Crippen molar-refractivity contribution in [2.24, 2.45) is 5.92 Å². The number of alkyl halides is 3. The van der Waals surface area contributed by atoms with Gasteiger partial charge in [0.15, 0.2) is 0 Å². The van der Waals surface area contributed by atoms with E-state index in [9.17, 15) is 22.4 Å². The Bertz CT molecular complexity index is 894. The Labute approximate surface area is 175 Å². The molecular formula is C21H25F4N3O2. The minimum atomic E-state index is -4.81. The minimum Gasteiger partial charge on any atom is -0.380 e. The van der Waals surface area contributed by atoms with Crippen LogP contribution in [-0.4, -0.2) is 60.8 Å². The van der Waals surface area contributed by atoms with Gasteiger partial charge in [-0.15, -0.1) is 0 Å². The van der Waals surface area contributed by atoms with E-state index >= 15 is 0 Å². The molecule has 3 heterocycles. The minimum absolute atomic E-state index is 0.0129. The number of carbonyl (C=O) groups is 1. The Kier molecular flexibility index (Phi) is 4.98. The number of fused-ring (bicyclic) bond motifs is 1. The second-order valence-corrected chi connectivity index (χ2v) is 7.94. The van der Waals surface area contributed by atoms with E-state index < -0.39 is 41.8 Å². The third-order valence-corrected chi connectivity index (χ3v) is 5.75. The zero-order valence-electron chi connectivity index (χ0n) is 18.3. The van der Waals surface area contributed by atoms with Gasteiger partial charge >= 0.3 is 12.2 Å². The molecule has 0 spiro atoms. The molecule has 3 saturated heterocycles. The van der Waals surface area contributed by atoms with Crippen LogP contribution in [0.3, 0.4) is 0 Å². The first-order valence-corrected chi connectivity index (χ1v) is 9.86. The lowest BCUT2D eigenvalue weighted by molar-refractivity contribution is -0.138. The first-order chi connectivity index (χ1) is 15.1. The summed E-state index contributed by atoms with van der Waals surface area (Å²) in [6, 6.07) is 2.28. The Hall–Kier alpha value is -2.29. The van der Waals surface area contributed by atoms with Crippen LogP contribution in [0.25, 0.3) is 0 Å².